The lowest BCUT2D eigenvalue weighted by atomic mass is 10.2. The number of rotatable bonds is 1. The first-order chi connectivity index (χ1) is 4.61. The highest BCUT2D eigenvalue weighted by Crippen LogP contribution is 2.25. The summed E-state index contributed by atoms with van der Waals surface area (Å²) in [5.74, 6) is -2.77. The molecular formula is C7H7F2N. The molecule has 0 aromatic carbocycles. The summed E-state index contributed by atoms with van der Waals surface area (Å²) in [7, 11) is 0. The number of nitrogens with zero attached hydrogens (tertiary/aromatic N) is 1. The van der Waals surface area contributed by atoms with Crippen molar-refractivity contribution in [2.75, 3.05) is 0 Å². The van der Waals surface area contributed by atoms with E-state index in [9.17, 15) is 8.78 Å². The van der Waals surface area contributed by atoms with Crippen molar-refractivity contribution >= 4 is 0 Å². The summed E-state index contributed by atoms with van der Waals surface area (Å²) in [6.45, 7) is 0.851. The van der Waals surface area contributed by atoms with Crippen LogP contribution in [0, 0.1) is 0 Å². The van der Waals surface area contributed by atoms with Crippen molar-refractivity contribution in [2.45, 2.75) is 12.8 Å². The monoisotopic (exact) mass is 143 g/mol. The van der Waals surface area contributed by atoms with Gasteiger partial charge in [-0.25, -0.2) is 8.78 Å². The Morgan fingerprint density at radius 1 is 1.50 bits per heavy atom. The largest absolute Gasteiger partial charge is 0.272 e. The summed E-state index contributed by atoms with van der Waals surface area (Å²) in [6.07, 6.45) is 2.63. The summed E-state index contributed by atoms with van der Waals surface area (Å²) in [5.41, 5.74) is -0.0463. The highest BCUT2D eigenvalue weighted by atomic mass is 19.3. The molecule has 0 aliphatic carbocycles. The van der Waals surface area contributed by atoms with Gasteiger partial charge in [-0.05, 0) is 12.1 Å². The zero-order valence-corrected chi connectivity index (χ0v) is 5.51. The van der Waals surface area contributed by atoms with Gasteiger partial charge in [0.2, 0.25) is 0 Å². The van der Waals surface area contributed by atoms with Crippen LogP contribution in [0.2, 0.25) is 0 Å². The molecule has 1 heterocycles. The maximum atomic E-state index is 12.4. The average molecular weight is 143 g/mol. The SMILES string of the molecule is CC(F)(F)c1cccnc1. The number of aromatic nitrogens is 1. The van der Waals surface area contributed by atoms with E-state index >= 15 is 0 Å². The van der Waals surface area contributed by atoms with Gasteiger partial charge in [-0.3, -0.25) is 4.98 Å². The molecule has 0 radical (unpaired) electrons. The van der Waals surface area contributed by atoms with Crippen molar-refractivity contribution in [1.29, 1.82) is 0 Å². The van der Waals surface area contributed by atoms with Crippen molar-refractivity contribution in [3.8, 4) is 0 Å². The predicted octanol–water partition coefficient (Wildman–Crippen LogP) is 2.19. The first-order valence-electron chi connectivity index (χ1n) is 2.89. The molecule has 0 saturated carbocycles. The van der Waals surface area contributed by atoms with Gasteiger partial charge in [0.05, 0.1) is 0 Å². The number of alkyl halides is 2. The van der Waals surface area contributed by atoms with Crippen LogP contribution in [-0.4, -0.2) is 4.98 Å². The van der Waals surface area contributed by atoms with E-state index in [0.717, 1.165) is 6.92 Å². The third-order valence-corrected chi connectivity index (χ3v) is 1.17. The molecule has 1 aromatic rings. The molecule has 0 atom stereocenters. The topological polar surface area (TPSA) is 12.9 Å². The van der Waals surface area contributed by atoms with Crippen LogP contribution in [0.15, 0.2) is 24.5 Å². The van der Waals surface area contributed by atoms with E-state index in [1.54, 1.807) is 0 Å². The number of hydrogen-bond acceptors (Lipinski definition) is 1. The van der Waals surface area contributed by atoms with E-state index in [4.69, 9.17) is 0 Å². The second-order valence-corrected chi connectivity index (χ2v) is 2.13. The number of hydrogen-bond donors (Lipinski definition) is 0. The van der Waals surface area contributed by atoms with Crippen LogP contribution >= 0.6 is 0 Å². The molecule has 0 amide bonds. The Bertz CT molecular complexity index is 203. The Morgan fingerprint density at radius 2 is 2.20 bits per heavy atom. The molecule has 0 fully saturated rings. The van der Waals surface area contributed by atoms with Crippen molar-refractivity contribution in [1.82, 2.24) is 4.98 Å². The molecular weight excluding hydrogens is 136 g/mol. The molecule has 10 heavy (non-hydrogen) atoms. The number of pyridine rings is 1. The lowest BCUT2D eigenvalue weighted by Crippen LogP contribution is -2.06. The minimum atomic E-state index is -2.77. The van der Waals surface area contributed by atoms with Gasteiger partial charge >= 0.3 is 0 Å². The molecule has 1 rings (SSSR count). The standard InChI is InChI=1S/C7H7F2N/c1-7(8,9)6-3-2-4-10-5-6/h2-5H,1H3. The van der Waals surface area contributed by atoms with Gasteiger partial charge in [0.1, 0.15) is 0 Å². The van der Waals surface area contributed by atoms with Crippen LogP contribution in [0.1, 0.15) is 12.5 Å². The molecule has 0 aliphatic rings. The molecule has 54 valence electrons. The Balaban J connectivity index is 2.97. The van der Waals surface area contributed by atoms with Crippen LogP contribution in [-0.2, 0) is 5.92 Å². The Kier molecular flexibility index (Phi) is 1.66. The van der Waals surface area contributed by atoms with E-state index in [1.807, 2.05) is 0 Å². The maximum Gasteiger partial charge on any atom is 0.272 e. The fraction of sp³-hybridized carbons (Fsp3) is 0.286. The molecule has 0 N–H and O–H groups in total. The van der Waals surface area contributed by atoms with E-state index in [1.165, 1.54) is 24.5 Å². The van der Waals surface area contributed by atoms with E-state index in [-0.39, 0.29) is 5.56 Å². The smallest absolute Gasteiger partial charge is 0.264 e. The summed E-state index contributed by atoms with van der Waals surface area (Å²) in [6, 6.07) is 2.85. The van der Waals surface area contributed by atoms with E-state index in [0.29, 0.717) is 0 Å². The fourth-order valence-electron chi connectivity index (χ4n) is 0.622. The van der Waals surface area contributed by atoms with E-state index < -0.39 is 5.92 Å². The Labute approximate surface area is 57.7 Å². The molecule has 1 nitrogen and oxygen atoms in total. The first-order valence-corrected chi connectivity index (χ1v) is 2.89. The lowest BCUT2D eigenvalue weighted by Gasteiger charge is -2.07. The molecule has 0 bridgehead atoms. The van der Waals surface area contributed by atoms with Gasteiger partial charge in [-0.15, -0.1) is 0 Å². The zero-order valence-electron chi connectivity index (χ0n) is 5.51. The van der Waals surface area contributed by atoms with Gasteiger partial charge in [0.25, 0.3) is 5.92 Å². The van der Waals surface area contributed by atoms with Gasteiger partial charge in [0.15, 0.2) is 0 Å². The third kappa shape index (κ3) is 1.50. The zero-order chi connectivity index (χ0) is 7.61. The molecule has 3 heteroatoms. The normalized spacial score (nSPS) is 11.5. The first kappa shape index (κ1) is 7.12. The van der Waals surface area contributed by atoms with Crippen LogP contribution in [0.25, 0.3) is 0 Å². The third-order valence-electron chi connectivity index (χ3n) is 1.17. The molecule has 0 aliphatic heterocycles. The van der Waals surface area contributed by atoms with Crippen LogP contribution in [0.5, 0.6) is 0 Å². The molecule has 0 saturated heterocycles. The Hall–Kier alpha value is -0.990. The minimum absolute atomic E-state index is 0.0463. The summed E-state index contributed by atoms with van der Waals surface area (Å²) in [4.78, 5) is 3.57. The van der Waals surface area contributed by atoms with Crippen molar-refractivity contribution < 1.29 is 8.78 Å². The quantitative estimate of drug-likeness (QED) is 0.587. The summed E-state index contributed by atoms with van der Waals surface area (Å²) in [5, 5.41) is 0. The number of halogens is 2. The lowest BCUT2D eigenvalue weighted by molar-refractivity contribution is 0.0171. The van der Waals surface area contributed by atoms with Gasteiger partial charge in [-0.2, -0.15) is 0 Å². The van der Waals surface area contributed by atoms with Gasteiger partial charge in [0, 0.05) is 24.9 Å². The second kappa shape index (κ2) is 2.33. The predicted molar refractivity (Wildman–Crippen MR) is 33.8 cm³/mol. The molecule has 1 aromatic heterocycles. The van der Waals surface area contributed by atoms with Crippen LogP contribution in [0.4, 0.5) is 8.78 Å². The average Bonchev–Trinajstić information content (AvgIpc) is 1.88. The molecule has 0 spiro atoms. The van der Waals surface area contributed by atoms with Crippen molar-refractivity contribution in [3.63, 3.8) is 0 Å². The van der Waals surface area contributed by atoms with Crippen molar-refractivity contribution in [3.05, 3.63) is 30.1 Å². The second-order valence-electron chi connectivity index (χ2n) is 2.13. The van der Waals surface area contributed by atoms with Crippen LogP contribution in [0.3, 0.4) is 0 Å². The fourth-order valence-corrected chi connectivity index (χ4v) is 0.622. The minimum Gasteiger partial charge on any atom is -0.264 e. The van der Waals surface area contributed by atoms with Crippen LogP contribution < -0.4 is 0 Å². The van der Waals surface area contributed by atoms with Gasteiger partial charge < -0.3 is 0 Å². The maximum absolute atomic E-state index is 12.4. The van der Waals surface area contributed by atoms with E-state index in [2.05, 4.69) is 4.98 Å². The van der Waals surface area contributed by atoms with Gasteiger partial charge in [-0.1, -0.05) is 0 Å². The highest BCUT2D eigenvalue weighted by Gasteiger charge is 2.23. The summed E-state index contributed by atoms with van der Waals surface area (Å²) >= 11 is 0. The highest BCUT2D eigenvalue weighted by molar-refractivity contribution is 5.13. The molecule has 0 unspecified atom stereocenters. The Morgan fingerprint density at radius 3 is 2.50 bits per heavy atom. The summed E-state index contributed by atoms with van der Waals surface area (Å²) < 4.78 is 24.8. The van der Waals surface area contributed by atoms with Crippen molar-refractivity contribution in [2.24, 2.45) is 0 Å².